The maximum Gasteiger partial charge on any atom is 0.276 e. The van der Waals surface area contributed by atoms with E-state index < -0.39 is 0 Å². The van der Waals surface area contributed by atoms with Gasteiger partial charge in [-0.3, -0.25) is 4.79 Å². The zero-order valence-electron chi connectivity index (χ0n) is 15.6. The molecule has 3 aromatic carbocycles. The largest absolute Gasteiger partial charge is 0.320 e. The van der Waals surface area contributed by atoms with Crippen LogP contribution in [-0.2, 0) is 0 Å². The van der Waals surface area contributed by atoms with E-state index in [0.29, 0.717) is 11.4 Å². The van der Waals surface area contributed by atoms with Gasteiger partial charge in [-0.2, -0.15) is 5.10 Å². The van der Waals surface area contributed by atoms with Crippen LogP contribution in [0.4, 0.5) is 10.1 Å². The van der Waals surface area contributed by atoms with Crippen LogP contribution >= 0.6 is 11.3 Å². The number of carbonyl (C=O) groups is 1. The second-order valence-corrected chi connectivity index (χ2v) is 7.64. The molecule has 146 valence electrons. The molecule has 0 bridgehead atoms. The van der Waals surface area contributed by atoms with Gasteiger partial charge in [0.05, 0.1) is 21.6 Å². The van der Waals surface area contributed by atoms with Gasteiger partial charge in [0, 0.05) is 11.8 Å². The maximum absolute atomic E-state index is 13.5. The summed E-state index contributed by atoms with van der Waals surface area (Å²) in [6.07, 6.45) is 1.63. The molecule has 0 fully saturated rings. The molecule has 2 aromatic heterocycles. The van der Waals surface area contributed by atoms with Crippen molar-refractivity contribution < 1.29 is 9.18 Å². The molecule has 1 amide bonds. The Morgan fingerprint density at radius 2 is 1.80 bits per heavy atom. The fraction of sp³-hybridized carbons (Fsp3) is 0. The average Bonchev–Trinajstić information content (AvgIpc) is 3.42. The van der Waals surface area contributed by atoms with Crippen LogP contribution < -0.4 is 5.32 Å². The first kappa shape index (κ1) is 18.2. The summed E-state index contributed by atoms with van der Waals surface area (Å²) >= 11 is 1.57. The van der Waals surface area contributed by atoms with E-state index in [0.717, 1.165) is 20.8 Å². The monoisotopic (exact) mass is 414 g/mol. The van der Waals surface area contributed by atoms with E-state index in [1.165, 1.54) is 16.8 Å². The van der Waals surface area contributed by atoms with Crippen molar-refractivity contribution in [3.05, 3.63) is 96.6 Å². The molecule has 0 atom stereocenters. The van der Waals surface area contributed by atoms with Crippen molar-refractivity contribution in [2.75, 3.05) is 5.32 Å². The number of fused-ring (bicyclic) bond motifs is 1. The second kappa shape index (κ2) is 7.53. The summed E-state index contributed by atoms with van der Waals surface area (Å²) in [5, 5.41) is 8.03. The third-order valence-electron chi connectivity index (χ3n) is 4.59. The number of thiazole rings is 1. The third kappa shape index (κ3) is 3.46. The van der Waals surface area contributed by atoms with Gasteiger partial charge in [0.25, 0.3) is 5.91 Å². The number of amides is 1. The molecule has 1 N–H and O–H groups in total. The number of rotatable bonds is 4. The highest BCUT2D eigenvalue weighted by Gasteiger charge is 2.15. The molecule has 0 aliphatic rings. The minimum absolute atomic E-state index is 0.235. The summed E-state index contributed by atoms with van der Waals surface area (Å²) in [5.74, 6) is -0.711. The average molecular weight is 414 g/mol. The van der Waals surface area contributed by atoms with E-state index in [-0.39, 0.29) is 17.4 Å². The van der Waals surface area contributed by atoms with Gasteiger partial charge in [0.2, 0.25) is 0 Å². The highest BCUT2D eigenvalue weighted by atomic mass is 32.1. The molecule has 0 aliphatic heterocycles. The van der Waals surface area contributed by atoms with Gasteiger partial charge in [-0.15, -0.1) is 11.3 Å². The van der Waals surface area contributed by atoms with Crippen molar-refractivity contribution >= 4 is 33.1 Å². The van der Waals surface area contributed by atoms with Crippen LogP contribution in [0.1, 0.15) is 10.5 Å². The summed E-state index contributed by atoms with van der Waals surface area (Å²) in [4.78, 5) is 17.5. The molecule has 0 unspecified atom stereocenters. The van der Waals surface area contributed by atoms with Crippen LogP contribution in [0.5, 0.6) is 0 Å². The summed E-state index contributed by atoms with van der Waals surface area (Å²) in [6, 6.07) is 23.1. The highest BCUT2D eigenvalue weighted by molar-refractivity contribution is 7.21. The molecule has 5 aromatic rings. The summed E-state index contributed by atoms with van der Waals surface area (Å²) in [6.45, 7) is 0. The Labute approximate surface area is 175 Å². The quantitative estimate of drug-likeness (QED) is 0.420. The second-order valence-electron chi connectivity index (χ2n) is 6.61. The van der Waals surface area contributed by atoms with E-state index in [1.807, 2.05) is 48.5 Å². The Hall–Kier alpha value is -3.84. The topological polar surface area (TPSA) is 59.8 Å². The van der Waals surface area contributed by atoms with Gasteiger partial charge in [0.1, 0.15) is 10.8 Å². The van der Waals surface area contributed by atoms with Gasteiger partial charge < -0.3 is 5.32 Å². The Morgan fingerprint density at radius 1 is 0.967 bits per heavy atom. The molecular weight excluding hydrogens is 399 g/mol. The number of nitrogens with zero attached hydrogens (tertiary/aromatic N) is 3. The van der Waals surface area contributed by atoms with Gasteiger partial charge in [-0.1, -0.05) is 30.3 Å². The van der Waals surface area contributed by atoms with Crippen molar-refractivity contribution in [2.24, 2.45) is 0 Å². The third-order valence-corrected chi connectivity index (χ3v) is 5.66. The van der Waals surface area contributed by atoms with Crippen molar-refractivity contribution in [2.45, 2.75) is 0 Å². The Bertz CT molecular complexity index is 1340. The van der Waals surface area contributed by atoms with Gasteiger partial charge >= 0.3 is 0 Å². The number of carbonyl (C=O) groups excluding carboxylic acids is 1. The molecule has 7 heteroatoms. The molecule has 5 nitrogen and oxygen atoms in total. The molecule has 5 rings (SSSR count). The molecular formula is C23H15FN4OS. The van der Waals surface area contributed by atoms with Gasteiger partial charge in [0.15, 0.2) is 5.69 Å². The normalized spacial score (nSPS) is 11.0. The minimum Gasteiger partial charge on any atom is -0.320 e. The van der Waals surface area contributed by atoms with Crippen LogP contribution in [0.15, 0.2) is 85.1 Å². The number of nitrogens with one attached hydrogen (secondary N) is 1. The number of para-hydroxylation sites is 2. The molecule has 30 heavy (non-hydrogen) atoms. The first-order chi connectivity index (χ1) is 14.7. The predicted octanol–water partition coefficient (Wildman–Crippen LogP) is 5.54. The lowest BCUT2D eigenvalue weighted by molar-refractivity contribution is 0.102. The number of aromatic nitrogens is 3. The number of anilines is 1. The Morgan fingerprint density at radius 3 is 2.67 bits per heavy atom. The van der Waals surface area contributed by atoms with E-state index in [1.54, 1.807) is 35.7 Å². The van der Waals surface area contributed by atoms with Crippen LogP contribution in [-0.4, -0.2) is 20.7 Å². The van der Waals surface area contributed by atoms with Crippen LogP contribution in [0.25, 0.3) is 26.5 Å². The summed E-state index contributed by atoms with van der Waals surface area (Å²) < 4.78 is 16.0. The van der Waals surface area contributed by atoms with Crippen molar-refractivity contribution in [1.29, 1.82) is 0 Å². The molecule has 0 aliphatic carbocycles. The van der Waals surface area contributed by atoms with Crippen molar-refractivity contribution in [1.82, 2.24) is 14.8 Å². The van der Waals surface area contributed by atoms with E-state index in [4.69, 9.17) is 0 Å². The highest BCUT2D eigenvalue weighted by Crippen LogP contribution is 2.34. The number of halogens is 1. The van der Waals surface area contributed by atoms with Crippen LogP contribution in [0.2, 0.25) is 0 Å². The number of hydrogen-bond acceptors (Lipinski definition) is 4. The molecule has 0 saturated heterocycles. The maximum atomic E-state index is 13.5. The molecule has 0 radical (unpaired) electrons. The fourth-order valence-corrected chi connectivity index (χ4v) is 4.16. The molecule has 0 spiro atoms. The first-order valence-corrected chi connectivity index (χ1v) is 10.1. The number of benzene rings is 3. The Kier molecular flexibility index (Phi) is 4.57. The lowest BCUT2D eigenvalue weighted by Crippen LogP contribution is -2.13. The smallest absolute Gasteiger partial charge is 0.276 e. The standard InChI is InChI=1S/C23H15FN4OS/c24-15-6-5-7-16(14-15)28-13-12-20(27-28)22(29)25-18-9-2-1-8-17(18)23-26-19-10-3-4-11-21(19)30-23/h1-14H,(H,25,29). The lowest BCUT2D eigenvalue weighted by atomic mass is 10.2. The fourth-order valence-electron chi connectivity index (χ4n) is 3.16. The first-order valence-electron chi connectivity index (χ1n) is 9.25. The minimum atomic E-state index is -0.362. The Balaban J connectivity index is 1.43. The number of hydrogen-bond donors (Lipinski definition) is 1. The van der Waals surface area contributed by atoms with Crippen molar-refractivity contribution in [3.8, 4) is 16.3 Å². The molecule has 0 saturated carbocycles. The zero-order valence-corrected chi connectivity index (χ0v) is 16.4. The van der Waals surface area contributed by atoms with Crippen LogP contribution in [0, 0.1) is 5.82 Å². The van der Waals surface area contributed by atoms with Gasteiger partial charge in [-0.05, 0) is 48.5 Å². The van der Waals surface area contributed by atoms with Gasteiger partial charge in [-0.25, -0.2) is 14.1 Å². The predicted molar refractivity (Wildman–Crippen MR) is 117 cm³/mol. The summed E-state index contributed by atoms with van der Waals surface area (Å²) in [7, 11) is 0. The van der Waals surface area contributed by atoms with E-state index in [2.05, 4.69) is 15.4 Å². The van der Waals surface area contributed by atoms with E-state index in [9.17, 15) is 9.18 Å². The van der Waals surface area contributed by atoms with Crippen LogP contribution in [0.3, 0.4) is 0 Å². The summed E-state index contributed by atoms with van der Waals surface area (Å²) in [5.41, 5.74) is 3.20. The SMILES string of the molecule is O=C(Nc1ccccc1-c1nc2ccccc2s1)c1ccn(-c2cccc(F)c2)n1. The zero-order chi connectivity index (χ0) is 20.5. The molecule has 2 heterocycles. The lowest BCUT2D eigenvalue weighted by Gasteiger charge is -2.08. The van der Waals surface area contributed by atoms with Crippen molar-refractivity contribution in [3.63, 3.8) is 0 Å². The van der Waals surface area contributed by atoms with E-state index >= 15 is 0 Å².